The maximum atomic E-state index is 13.1. The first kappa shape index (κ1) is 25.7. The predicted molar refractivity (Wildman–Crippen MR) is 149 cm³/mol. The number of benzene rings is 3. The maximum absolute atomic E-state index is 13.1. The van der Waals surface area contributed by atoms with Crippen molar-refractivity contribution in [2.45, 2.75) is 13.5 Å². The van der Waals surface area contributed by atoms with Crippen molar-refractivity contribution in [1.29, 1.82) is 0 Å². The van der Waals surface area contributed by atoms with Crippen LogP contribution in [0, 0.1) is 6.92 Å². The van der Waals surface area contributed by atoms with E-state index in [-0.39, 0.29) is 28.5 Å². The van der Waals surface area contributed by atoms with Crippen LogP contribution >= 0.6 is 11.6 Å². The first-order valence-electron chi connectivity index (χ1n) is 12.1. The number of para-hydroxylation sites is 1. The monoisotopic (exact) mass is 541 g/mol. The van der Waals surface area contributed by atoms with Gasteiger partial charge in [-0.2, -0.15) is 0 Å². The fourth-order valence-electron chi connectivity index (χ4n) is 4.31. The second-order valence-corrected chi connectivity index (χ2v) is 9.34. The Hall–Kier alpha value is -4.89. The summed E-state index contributed by atoms with van der Waals surface area (Å²) in [5.74, 6) is -1.58. The van der Waals surface area contributed by atoms with E-state index in [9.17, 15) is 19.2 Å². The van der Waals surface area contributed by atoms with E-state index in [1.54, 1.807) is 42.9 Å². The van der Waals surface area contributed by atoms with Crippen molar-refractivity contribution >= 4 is 40.7 Å². The Morgan fingerprint density at radius 3 is 2.10 bits per heavy atom. The molecule has 4 aromatic rings. The van der Waals surface area contributed by atoms with Gasteiger partial charge in [0.25, 0.3) is 23.3 Å². The molecule has 1 aromatic heterocycles. The number of hydrogen-bond acceptors (Lipinski definition) is 5. The zero-order chi connectivity index (χ0) is 27.7. The lowest BCUT2D eigenvalue weighted by Crippen LogP contribution is -2.31. The fourth-order valence-corrected chi connectivity index (χ4v) is 4.54. The molecule has 0 bridgehead atoms. The van der Waals surface area contributed by atoms with E-state index in [0.717, 1.165) is 10.5 Å². The minimum Gasteiger partial charge on any atom is -0.350 e. The summed E-state index contributed by atoms with van der Waals surface area (Å²) in [5.41, 5.74) is 2.64. The molecule has 2 N–H and O–H groups in total. The molecule has 39 heavy (non-hydrogen) atoms. The van der Waals surface area contributed by atoms with Crippen LogP contribution in [-0.2, 0) is 23.2 Å². The third kappa shape index (κ3) is 4.87. The van der Waals surface area contributed by atoms with Crippen molar-refractivity contribution in [3.8, 4) is 5.69 Å². The second-order valence-electron chi connectivity index (χ2n) is 8.96. The molecule has 196 valence electrons. The Morgan fingerprint density at radius 2 is 1.46 bits per heavy atom. The number of rotatable bonds is 7. The molecule has 0 fully saturated rings. The third-order valence-corrected chi connectivity index (χ3v) is 6.85. The zero-order valence-corrected chi connectivity index (χ0v) is 21.9. The van der Waals surface area contributed by atoms with Crippen LogP contribution in [0.1, 0.15) is 21.6 Å². The topological polar surface area (TPSA) is 105 Å². The third-order valence-electron chi connectivity index (χ3n) is 6.50. The summed E-state index contributed by atoms with van der Waals surface area (Å²) in [6.07, 6.45) is 0. The fraction of sp³-hybridized carbons (Fsp3) is 0.103. The Balaban J connectivity index is 1.30. The normalized spacial score (nSPS) is 13.3. The SMILES string of the molecule is Cc1c(NC(=O)c2ccc(NC3=C(Cl)C(=O)N(Cc4ccccc4)C3=O)cc2)c(=O)n(-c2ccccc2)n1C. The van der Waals surface area contributed by atoms with Gasteiger partial charge in [-0.3, -0.25) is 28.8 Å². The number of nitrogens with one attached hydrogen (secondary N) is 2. The van der Waals surface area contributed by atoms with Crippen molar-refractivity contribution in [2.24, 2.45) is 7.05 Å². The Labute approximate surface area is 228 Å². The van der Waals surface area contributed by atoms with E-state index in [1.165, 1.54) is 4.68 Å². The highest BCUT2D eigenvalue weighted by molar-refractivity contribution is 6.48. The van der Waals surface area contributed by atoms with Crippen LogP contribution < -0.4 is 16.2 Å². The van der Waals surface area contributed by atoms with Gasteiger partial charge in [-0.1, -0.05) is 60.1 Å². The summed E-state index contributed by atoms with van der Waals surface area (Å²) in [6, 6.07) is 24.5. The minimum absolute atomic E-state index is 0.0313. The molecule has 0 radical (unpaired) electrons. The molecule has 2 heterocycles. The largest absolute Gasteiger partial charge is 0.350 e. The smallest absolute Gasteiger partial charge is 0.295 e. The van der Waals surface area contributed by atoms with Crippen molar-refractivity contribution in [3.05, 3.63) is 123 Å². The number of amides is 3. The summed E-state index contributed by atoms with van der Waals surface area (Å²) < 4.78 is 3.16. The maximum Gasteiger partial charge on any atom is 0.295 e. The van der Waals surface area contributed by atoms with Gasteiger partial charge in [0.2, 0.25) is 0 Å². The number of anilines is 2. The number of aromatic nitrogens is 2. The number of halogens is 1. The van der Waals surface area contributed by atoms with Crippen LogP contribution in [0.5, 0.6) is 0 Å². The highest BCUT2D eigenvalue weighted by Crippen LogP contribution is 2.27. The quantitative estimate of drug-likeness (QED) is 0.342. The summed E-state index contributed by atoms with van der Waals surface area (Å²) in [6.45, 7) is 1.85. The summed E-state index contributed by atoms with van der Waals surface area (Å²) in [7, 11) is 1.75. The number of imide groups is 1. The molecule has 1 aliphatic heterocycles. The first-order chi connectivity index (χ1) is 18.8. The van der Waals surface area contributed by atoms with Gasteiger partial charge in [0.05, 0.1) is 17.9 Å². The number of carbonyl (C=O) groups excluding carboxylic acids is 3. The van der Waals surface area contributed by atoms with Crippen LogP contribution in [-0.4, -0.2) is 32.0 Å². The van der Waals surface area contributed by atoms with Crippen molar-refractivity contribution < 1.29 is 14.4 Å². The van der Waals surface area contributed by atoms with E-state index >= 15 is 0 Å². The van der Waals surface area contributed by atoms with Gasteiger partial charge in [0.15, 0.2) is 0 Å². The van der Waals surface area contributed by atoms with Crippen LogP contribution in [0.15, 0.2) is 100 Å². The standard InChI is InChI=1S/C29H24ClN5O4/c1-18-24(29(39)35(33(18)2)22-11-7-4-8-12-22)32-26(36)20-13-15-21(16-14-20)31-25-23(30)27(37)34(28(25)38)17-19-9-5-3-6-10-19/h3-16,31H,17H2,1-2H3,(H,32,36). The lowest BCUT2D eigenvalue weighted by Gasteiger charge is -2.15. The lowest BCUT2D eigenvalue weighted by atomic mass is 10.2. The highest BCUT2D eigenvalue weighted by Gasteiger charge is 2.37. The highest BCUT2D eigenvalue weighted by atomic mass is 35.5. The summed E-state index contributed by atoms with van der Waals surface area (Å²) in [4.78, 5) is 52.7. The van der Waals surface area contributed by atoms with Crippen LogP contribution in [0.4, 0.5) is 11.4 Å². The number of hydrogen-bond donors (Lipinski definition) is 2. The minimum atomic E-state index is -0.580. The molecule has 0 saturated carbocycles. The van der Waals surface area contributed by atoms with Crippen molar-refractivity contribution in [1.82, 2.24) is 14.3 Å². The summed E-state index contributed by atoms with van der Waals surface area (Å²) >= 11 is 6.20. The molecule has 0 saturated heterocycles. The van der Waals surface area contributed by atoms with E-state index < -0.39 is 17.7 Å². The lowest BCUT2D eigenvalue weighted by molar-refractivity contribution is -0.138. The molecular weight excluding hydrogens is 518 g/mol. The van der Waals surface area contributed by atoms with Gasteiger partial charge in [-0.05, 0) is 48.9 Å². The number of nitrogens with zero attached hydrogens (tertiary/aromatic N) is 3. The van der Waals surface area contributed by atoms with Gasteiger partial charge < -0.3 is 10.6 Å². The average Bonchev–Trinajstić information content (AvgIpc) is 3.28. The molecule has 10 heteroatoms. The summed E-state index contributed by atoms with van der Waals surface area (Å²) in [5, 5.41) is 5.41. The van der Waals surface area contributed by atoms with E-state index in [1.807, 2.05) is 60.7 Å². The van der Waals surface area contributed by atoms with Gasteiger partial charge in [-0.15, -0.1) is 0 Å². The average molecular weight is 542 g/mol. The van der Waals surface area contributed by atoms with Gasteiger partial charge in [0, 0.05) is 18.3 Å². The van der Waals surface area contributed by atoms with Crippen molar-refractivity contribution in [3.63, 3.8) is 0 Å². The molecule has 5 rings (SSSR count). The van der Waals surface area contributed by atoms with E-state index in [0.29, 0.717) is 22.6 Å². The van der Waals surface area contributed by atoms with Gasteiger partial charge >= 0.3 is 0 Å². The number of carbonyl (C=O) groups is 3. The zero-order valence-electron chi connectivity index (χ0n) is 21.1. The molecule has 0 unspecified atom stereocenters. The first-order valence-corrected chi connectivity index (χ1v) is 12.5. The molecule has 0 aliphatic carbocycles. The molecular formula is C29H24ClN5O4. The van der Waals surface area contributed by atoms with Gasteiger partial charge in [-0.25, -0.2) is 4.68 Å². The molecule has 1 aliphatic rings. The van der Waals surface area contributed by atoms with E-state index in [2.05, 4.69) is 10.6 Å². The Bertz CT molecular complexity index is 1670. The van der Waals surface area contributed by atoms with Crippen LogP contribution in [0.2, 0.25) is 0 Å². The Kier molecular flexibility index (Phi) is 6.91. The molecule has 3 amide bonds. The Morgan fingerprint density at radius 1 is 0.846 bits per heavy atom. The molecule has 0 spiro atoms. The molecule has 0 atom stereocenters. The second kappa shape index (κ2) is 10.5. The van der Waals surface area contributed by atoms with Crippen LogP contribution in [0.3, 0.4) is 0 Å². The van der Waals surface area contributed by atoms with Crippen LogP contribution in [0.25, 0.3) is 5.69 Å². The van der Waals surface area contributed by atoms with Gasteiger partial charge in [0.1, 0.15) is 16.4 Å². The predicted octanol–water partition coefficient (Wildman–Crippen LogP) is 4.17. The van der Waals surface area contributed by atoms with E-state index in [4.69, 9.17) is 11.6 Å². The molecule has 3 aromatic carbocycles. The molecule has 9 nitrogen and oxygen atoms in total. The van der Waals surface area contributed by atoms with Crippen molar-refractivity contribution in [2.75, 3.05) is 10.6 Å².